The second-order valence-corrected chi connectivity index (χ2v) is 19.0. The number of rotatable bonds is 9. The van der Waals surface area contributed by atoms with E-state index in [-0.39, 0.29) is 0 Å². The molecule has 1 heterocycles. The monoisotopic (exact) mass is 895 g/mol. The van der Waals surface area contributed by atoms with E-state index < -0.39 is 5.41 Å². The number of hydrogen-bond acceptors (Lipinski definition) is 2. The van der Waals surface area contributed by atoms with E-state index in [1.165, 1.54) is 98.1 Å². The maximum absolute atomic E-state index is 2.55. The number of nitrogens with zero attached hydrogens (tertiary/aromatic N) is 1. The molecule has 1 aliphatic rings. The second-order valence-electron chi connectivity index (χ2n) is 17.9. The molecular formula is C67H45NS. The zero-order chi connectivity index (χ0) is 45.7. The molecule has 12 aromatic rings. The summed E-state index contributed by atoms with van der Waals surface area (Å²) in [7, 11) is 0. The smallest absolute Gasteiger partial charge is 0.0714 e. The van der Waals surface area contributed by atoms with Crippen LogP contribution >= 0.6 is 11.3 Å². The van der Waals surface area contributed by atoms with Gasteiger partial charge in [0.05, 0.1) is 16.8 Å². The van der Waals surface area contributed by atoms with Crippen molar-refractivity contribution in [3.8, 4) is 55.6 Å². The molecule has 0 amide bonds. The summed E-state index contributed by atoms with van der Waals surface area (Å²) in [5, 5.41) is 2.61. The Bertz CT molecular complexity index is 3780. The third-order valence-corrected chi connectivity index (χ3v) is 15.3. The predicted molar refractivity (Wildman–Crippen MR) is 293 cm³/mol. The number of thiophene rings is 1. The van der Waals surface area contributed by atoms with Gasteiger partial charge in [0.15, 0.2) is 0 Å². The van der Waals surface area contributed by atoms with Gasteiger partial charge in [0.25, 0.3) is 0 Å². The lowest BCUT2D eigenvalue weighted by Crippen LogP contribution is -2.28. The molecule has 0 N–H and O–H groups in total. The zero-order valence-electron chi connectivity index (χ0n) is 37.8. The molecular weight excluding hydrogens is 851 g/mol. The molecule has 0 radical (unpaired) electrons. The summed E-state index contributed by atoms with van der Waals surface area (Å²) in [4.78, 5) is 2.55. The molecule has 69 heavy (non-hydrogen) atoms. The Balaban J connectivity index is 1.10. The first-order valence-electron chi connectivity index (χ1n) is 23.8. The number of benzene rings is 11. The fraction of sp³-hybridized carbons (Fsp3) is 0.0149. The van der Waals surface area contributed by atoms with Crippen LogP contribution in [-0.2, 0) is 5.41 Å². The molecule has 0 aliphatic heterocycles. The van der Waals surface area contributed by atoms with Crippen molar-refractivity contribution in [2.45, 2.75) is 5.41 Å². The van der Waals surface area contributed by atoms with E-state index in [1.807, 2.05) is 11.3 Å². The zero-order valence-corrected chi connectivity index (χ0v) is 38.7. The summed E-state index contributed by atoms with van der Waals surface area (Å²) in [6, 6.07) is 101. The number of anilines is 3. The third-order valence-electron chi connectivity index (χ3n) is 14.2. The van der Waals surface area contributed by atoms with E-state index in [9.17, 15) is 0 Å². The number of fused-ring (bicyclic) bond motifs is 6. The largest absolute Gasteiger partial charge is 0.309 e. The summed E-state index contributed by atoms with van der Waals surface area (Å²) in [5.74, 6) is 0. The Morgan fingerprint density at radius 1 is 0.290 bits per heavy atom. The SMILES string of the molecule is c1ccc(-c2ccccc2-c2c(-c3ccccc3)cccc2N(c2ccc(-c3ccc4sc5ccccc5c4c3)cc2)c2cccc3c2-c2ccccc2C3(c2ccccc2)c2ccccc2)cc1. The highest BCUT2D eigenvalue weighted by molar-refractivity contribution is 7.25. The highest BCUT2D eigenvalue weighted by atomic mass is 32.1. The molecule has 1 aliphatic carbocycles. The minimum atomic E-state index is -0.556. The van der Waals surface area contributed by atoms with Gasteiger partial charge in [-0.1, -0.05) is 231 Å². The molecule has 0 unspecified atom stereocenters. The molecule has 0 bridgehead atoms. The quantitative estimate of drug-likeness (QED) is 0.140. The van der Waals surface area contributed by atoms with Gasteiger partial charge in [-0.15, -0.1) is 11.3 Å². The third kappa shape index (κ3) is 6.67. The summed E-state index contributed by atoms with van der Waals surface area (Å²) >= 11 is 1.86. The van der Waals surface area contributed by atoms with Crippen molar-refractivity contribution in [3.63, 3.8) is 0 Å². The van der Waals surface area contributed by atoms with Crippen molar-refractivity contribution < 1.29 is 0 Å². The normalized spacial score (nSPS) is 12.5. The van der Waals surface area contributed by atoms with Crippen LogP contribution in [0, 0.1) is 0 Å². The maximum Gasteiger partial charge on any atom is 0.0714 e. The molecule has 0 atom stereocenters. The van der Waals surface area contributed by atoms with E-state index in [0.29, 0.717) is 0 Å². The van der Waals surface area contributed by atoms with Crippen LogP contribution in [-0.4, -0.2) is 0 Å². The van der Waals surface area contributed by atoms with Crippen molar-refractivity contribution in [1.82, 2.24) is 0 Å². The highest BCUT2D eigenvalue weighted by Crippen LogP contribution is 2.60. The van der Waals surface area contributed by atoms with Crippen LogP contribution in [0.3, 0.4) is 0 Å². The molecule has 1 aromatic heterocycles. The first kappa shape index (κ1) is 40.7. The van der Waals surface area contributed by atoms with Gasteiger partial charge in [0.1, 0.15) is 0 Å². The molecule has 1 nitrogen and oxygen atoms in total. The minimum absolute atomic E-state index is 0.556. The molecule has 11 aromatic carbocycles. The first-order valence-corrected chi connectivity index (χ1v) is 24.6. The standard InChI is InChI=1S/C67H45NS/c1-5-21-47(22-6-1)53-29-13-14-31-56(53)65-54(48-23-7-2-8-24-48)33-19-36-61(65)68(52-42-39-46(40-43-52)49-41-44-64-58(45-49)55-30-16-18-38-63(55)69-64)62-37-20-35-60-66(62)57-32-15-17-34-59(57)67(60,50-25-9-3-10-26-50)51-27-11-4-12-28-51/h1-45H. The second kappa shape index (κ2) is 16.9. The van der Waals surface area contributed by atoms with Crippen LogP contribution in [0.1, 0.15) is 22.3 Å². The van der Waals surface area contributed by atoms with Gasteiger partial charge in [-0.2, -0.15) is 0 Å². The van der Waals surface area contributed by atoms with Crippen LogP contribution in [0.5, 0.6) is 0 Å². The molecule has 324 valence electrons. The van der Waals surface area contributed by atoms with Crippen LogP contribution in [0.15, 0.2) is 273 Å². The van der Waals surface area contributed by atoms with Crippen LogP contribution in [0.25, 0.3) is 75.8 Å². The Morgan fingerprint density at radius 2 is 0.783 bits per heavy atom. The van der Waals surface area contributed by atoms with Crippen molar-refractivity contribution >= 4 is 48.6 Å². The summed E-state index contributed by atoms with van der Waals surface area (Å²) in [6.07, 6.45) is 0. The summed E-state index contributed by atoms with van der Waals surface area (Å²) < 4.78 is 2.63. The van der Waals surface area contributed by atoms with E-state index in [2.05, 4.69) is 278 Å². The molecule has 0 fully saturated rings. The summed E-state index contributed by atoms with van der Waals surface area (Å²) in [6.45, 7) is 0. The molecule has 13 rings (SSSR count). The van der Waals surface area contributed by atoms with Gasteiger partial charge in [-0.3, -0.25) is 0 Å². The van der Waals surface area contributed by atoms with Crippen molar-refractivity contribution in [2.75, 3.05) is 4.90 Å². The lowest BCUT2D eigenvalue weighted by molar-refractivity contribution is 0.768. The van der Waals surface area contributed by atoms with Crippen LogP contribution in [0.4, 0.5) is 17.1 Å². The molecule has 0 saturated heterocycles. The van der Waals surface area contributed by atoms with Gasteiger partial charge >= 0.3 is 0 Å². The van der Waals surface area contributed by atoms with Crippen molar-refractivity contribution in [2.24, 2.45) is 0 Å². The lowest BCUT2D eigenvalue weighted by Gasteiger charge is -2.35. The molecule has 0 spiro atoms. The highest BCUT2D eigenvalue weighted by Gasteiger charge is 2.47. The minimum Gasteiger partial charge on any atom is -0.309 e. The molecule has 2 heteroatoms. The maximum atomic E-state index is 2.55. The Labute approximate surface area is 407 Å². The van der Waals surface area contributed by atoms with Gasteiger partial charge in [0, 0.05) is 37.0 Å². The average molecular weight is 896 g/mol. The molecule has 0 saturated carbocycles. The Kier molecular flexibility index (Phi) is 10.00. The predicted octanol–water partition coefficient (Wildman–Crippen LogP) is 18.6. The Morgan fingerprint density at radius 3 is 1.48 bits per heavy atom. The summed E-state index contributed by atoms with van der Waals surface area (Å²) in [5.41, 5.74) is 19.7. The lowest BCUT2D eigenvalue weighted by atomic mass is 9.68. The van der Waals surface area contributed by atoms with Gasteiger partial charge in [0.2, 0.25) is 0 Å². The first-order chi connectivity index (χ1) is 34.3. The fourth-order valence-electron chi connectivity index (χ4n) is 11.2. The van der Waals surface area contributed by atoms with E-state index in [0.717, 1.165) is 17.1 Å². The van der Waals surface area contributed by atoms with Crippen molar-refractivity contribution in [1.29, 1.82) is 0 Å². The van der Waals surface area contributed by atoms with E-state index in [1.54, 1.807) is 0 Å². The Hall–Kier alpha value is -8.56. The average Bonchev–Trinajstić information content (AvgIpc) is 3.96. The van der Waals surface area contributed by atoms with Gasteiger partial charge < -0.3 is 4.90 Å². The van der Waals surface area contributed by atoms with Gasteiger partial charge in [-0.25, -0.2) is 0 Å². The van der Waals surface area contributed by atoms with Crippen molar-refractivity contribution in [3.05, 3.63) is 295 Å². The van der Waals surface area contributed by atoms with Crippen LogP contribution < -0.4 is 4.90 Å². The van der Waals surface area contributed by atoms with Crippen LogP contribution in [0.2, 0.25) is 0 Å². The topological polar surface area (TPSA) is 3.24 Å². The fourth-order valence-corrected chi connectivity index (χ4v) is 12.3. The van der Waals surface area contributed by atoms with Gasteiger partial charge in [-0.05, 0) is 109 Å². The van der Waals surface area contributed by atoms with E-state index >= 15 is 0 Å². The van der Waals surface area contributed by atoms with E-state index in [4.69, 9.17) is 0 Å². The number of hydrogen-bond donors (Lipinski definition) is 0.